The Labute approximate surface area is 184 Å². The van der Waals surface area contributed by atoms with Gasteiger partial charge in [0.05, 0.1) is 31.4 Å². The van der Waals surface area contributed by atoms with E-state index in [4.69, 9.17) is 4.74 Å². The normalized spacial score (nSPS) is 10.5. The molecular formula is C22H24N4O4S. The molecule has 1 heterocycles. The van der Waals surface area contributed by atoms with Gasteiger partial charge < -0.3 is 25.0 Å². The maximum Gasteiger partial charge on any atom is 0.234 e. The number of ether oxygens (including phenoxy) is 1. The fraction of sp³-hybridized carbons (Fsp3) is 0.227. The summed E-state index contributed by atoms with van der Waals surface area (Å²) in [5.74, 6) is 0.605. The van der Waals surface area contributed by atoms with Crippen molar-refractivity contribution >= 4 is 35.0 Å². The molecule has 0 unspecified atom stereocenters. The van der Waals surface area contributed by atoms with Crippen molar-refractivity contribution in [3.63, 3.8) is 0 Å². The monoisotopic (exact) mass is 440 g/mol. The van der Waals surface area contributed by atoms with Gasteiger partial charge in [-0.2, -0.15) is 0 Å². The van der Waals surface area contributed by atoms with Gasteiger partial charge in [-0.15, -0.1) is 0 Å². The highest BCUT2D eigenvalue weighted by atomic mass is 32.2. The standard InChI is InChI=1S/C22H24N4O4S/c1-15(28)24-17-5-7-18(8-6-17)25-21(29)14-31-22-23-11-19(13-27)26(22)12-16-3-9-20(30-2)10-4-16/h3-11,27H,12-14H2,1-2H3,(H,24,28)(H,25,29). The zero-order valence-corrected chi connectivity index (χ0v) is 18.1. The van der Waals surface area contributed by atoms with E-state index in [1.165, 1.54) is 18.7 Å². The van der Waals surface area contributed by atoms with E-state index in [1.54, 1.807) is 37.6 Å². The molecule has 0 saturated heterocycles. The molecule has 0 aliphatic heterocycles. The van der Waals surface area contributed by atoms with Crippen molar-refractivity contribution in [2.45, 2.75) is 25.2 Å². The Morgan fingerprint density at radius 2 is 1.71 bits per heavy atom. The lowest BCUT2D eigenvalue weighted by molar-refractivity contribution is -0.114. The van der Waals surface area contributed by atoms with Crippen molar-refractivity contribution in [3.8, 4) is 5.75 Å². The number of imidazole rings is 1. The number of anilines is 2. The Morgan fingerprint density at radius 1 is 1.06 bits per heavy atom. The number of thioether (sulfide) groups is 1. The minimum atomic E-state index is -0.179. The van der Waals surface area contributed by atoms with Crippen molar-refractivity contribution in [1.29, 1.82) is 0 Å². The summed E-state index contributed by atoms with van der Waals surface area (Å²) in [5.41, 5.74) is 3.00. The molecule has 0 atom stereocenters. The first kappa shape index (κ1) is 22.4. The van der Waals surface area contributed by atoms with E-state index in [0.29, 0.717) is 28.8 Å². The lowest BCUT2D eigenvalue weighted by atomic mass is 10.2. The smallest absolute Gasteiger partial charge is 0.234 e. The Kier molecular flexibility index (Phi) is 7.69. The molecular weight excluding hydrogens is 416 g/mol. The number of benzene rings is 2. The number of aliphatic hydroxyl groups excluding tert-OH is 1. The Balaban J connectivity index is 1.61. The summed E-state index contributed by atoms with van der Waals surface area (Å²) in [4.78, 5) is 27.8. The van der Waals surface area contributed by atoms with Crippen LogP contribution in [0, 0.1) is 0 Å². The van der Waals surface area contributed by atoms with Gasteiger partial charge >= 0.3 is 0 Å². The van der Waals surface area contributed by atoms with Crippen molar-refractivity contribution < 1.29 is 19.4 Å². The number of aliphatic hydroxyl groups is 1. The highest BCUT2D eigenvalue weighted by Crippen LogP contribution is 2.22. The van der Waals surface area contributed by atoms with Gasteiger partial charge in [0.1, 0.15) is 5.75 Å². The van der Waals surface area contributed by atoms with Crippen LogP contribution < -0.4 is 15.4 Å². The number of methoxy groups -OCH3 is 1. The molecule has 2 amide bonds. The van der Waals surface area contributed by atoms with Gasteiger partial charge in [0.25, 0.3) is 0 Å². The third-order valence-corrected chi connectivity index (χ3v) is 5.38. The van der Waals surface area contributed by atoms with Crippen LogP contribution in [0.1, 0.15) is 18.2 Å². The van der Waals surface area contributed by atoms with Crippen molar-refractivity contribution in [2.75, 3.05) is 23.5 Å². The molecule has 1 aromatic heterocycles. The van der Waals surface area contributed by atoms with Gasteiger partial charge in [-0.1, -0.05) is 23.9 Å². The maximum atomic E-state index is 12.4. The van der Waals surface area contributed by atoms with Gasteiger partial charge in [0.2, 0.25) is 11.8 Å². The number of carbonyl (C=O) groups excluding carboxylic acids is 2. The number of carbonyl (C=O) groups is 2. The fourth-order valence-electron chi connectivity index (χ4n) is 2.88. The number of hydrogen-bond acceptors (Lipinski definition) is 6. The zero-order chi connectivity index (χ0) is 22.2. The van der Waals surface area contributed by atoms with Crippen molar-refractivity contribution in [2.24, 2.45) is 0 Å². The van der Waals surface area contributed by atoms with Gasteiger partial charge in [-0.3, -0.25) is 9.59 Å². The molecule has 0 radical (unpaired) electrons. The first-order chi connectivity index (χ1) is 15.0. The molecule has 162 valence electrons. The van der Waals surface area contributed by atoms with Crippen LogP contribution >= 0.6 is 11.8 Å². The van der Waals surface area contributed by atoms with Gasteiger partial charge in [-0.25, -0.2) is 4.98 Å². The van der Waals surface area contributed by atoms with Gasteiger partial charge in [-0.05, 0) is 42.0 Å². The molecule has 31 heavy (non-hydrogen) atoms. The fourth-order valence-corrected chi connectivity index (χ4v) is 3.68. The van der Waals surface area contributed by atoms with E-state index in [2.05, 4.69) is 15.6 Å². The molecule has 0 saturated carbocycles. The Morgan fingerprint density at radius 3 is 2.29 bits per heavy atom. The molecule has 2 aromatic carbocycles. The molecule has 0 fully saturated rings. The van der Waals surface area contributed by atoms with Crippen LogP contribution in [0.4, 0.5) is 11.4 Å². The molecule has 8 nitrogen and oxygen atoms in total. The average molecular weight is 441 g/mol. The topological polar surface area (TPSA) is 105 Å². The lowest BCUT2D eigenvalue weighted by Gasteiger charge is -2.11. The van der Waals surface area contributed by atoms with Crippen LogP contribution in [0.5, 0.6) is 5.75 Å². The summed E-state index contributed by atoms with van der Waals surface area (Å²) < 4.78 is 7.07. The molecule has 3 aromatic rings. The Bertz CT molecular complexity index is 1030. The number of nitrogens with zero attached hydrogens (tertiary/aromatic N) is 2. The molecule has 9 heteroatoms. The molecule has 0 spiro atoms. The number of nitrogens with one attached hydrogen (secondary N) is 2. The van der Waals surface area contributed by atoms with Crippen LogP contribution in [-0.2, 0) is 22.7 Å². The third-order valence-electron chi connectivity index (χ3n) is 4.38. The largest absolute Gasteiger partial charge is 0.497 e. The predicted octanol–water partition coefficient (Wildman–Crippen LogP) is 3.12. The molecule has 3 rings (SSSR count). The number of hydrogen-bond donors (Lipinski definition) is 3. The quantitative estimate of drug-likeness (QED) is 0.442. The summed E-state index contributed by atoms with van der Waals surface area (Å²) in [6.45, 7) is 1.82. The average Bonchev–Trinajstić information content (AvgIpc) is 3.15. The lowest BCUT2D eigenvalue weighted by Crippen LogP contribution is -2.15. The molecule has 0 aliphatic carbocycles. The minimum Gasteiger partial charge on any atom is -0.497 e. The minimum absolute atomic E-state index is 0.142. The van der Waals surface area contributed by atoms with E-state index in [9.17, 15) is 14.7 Å². The van der Waals surface area contributed by atoms with Gasteiger partial charge in [0, 0.05) is 24.8 Å². The van der Waals surface area contributed by atoms with Crippen molar-refractivity contribution in [1.82, 2.24) is 9.55 Å². The predicted molar refractivity (Wildman–Crippen MR) is 120 cm³/mol. The second-order valence-electron chi connectivity index (χ2n) is 6.72. The third kappa shape index (κ3) is 6.34. The summed E-state index contributed by atoms with van der Waals surface area (Å²) in [6.07, 6.45) is 1.62. The summed E-state index contributed by atoms with van der Waals surface area (Å²) >= 11 is 1.30. The second-order valence-corrected chi connectivity index (χ2v) is 7.66. The van der Waals surface area contributed by atoms with Crippen LogP contribution in [0.25, 0.3) is 0 Å². The first-order valence-electron chi connectivity index (χ1n) is 9.57. The van der Waals surface area contributed by atoms with E-state index in [1.807, 2.05) is 28.8 Å². The van der Waals surface area contributed by atoms with Crippen LogP contribution in [0.15, 0.2) is 59.9 Å². The maximum absolute atomic E-state index is 12.4. The highest BCUT2D eigenvalue weighted by Gasteiger charge is 2.13. The summed E-state index contributed by atoms with van der Waals surface area (Å²) in [6, 6.07) is 14.5. The SMILES string of the molecule is COc1ccc(Cn2c(CO)cnc2SCC(=O)Nc2ccc(NC(C)=O)cc2)cc1. The number of aromatic nitrogens is 2. The molecule has 0 aliphatic rings. The summed E-state index contributed by atoms with van der Waals surface area (Å²) in [7, 11) is 1.62. The van der Waals surface area contributed by atoms with Crippen LogP contribution in [0.3, 0.4) is 0 Å². The van der Waals surface area contributed by atoms with Crippen LogP contribution in [0.2, 0.25) is 0 Å². The molecule has 0 bridgehead atoms. The molecule has 3 N–H and O–H groups in total. The zero-order valence-electron chi connectivity index (χ0n) is 17.3. The van der Waals surface area contributed by atoms with E-state index < -0.39 is 0 Å². The second kappa shape index (κ2) is 10.6. The van der Waals surface area contributed by atoms with Gasteiger partial charge in [0.15, 0.2) is 5.16 Å². The van der Waals surface area contributed by atoms with Crippen molar-refractivity contribution in [3.05, 3.63) is 66.0 Å². The summed E-state index contributed by atoms with van der Waals surface area (Å²) in [5, 5.41) is 15.8. The van der Waals surface area contributed by atoms with Crippen LogP contribution in [-0.4, -0.2) is 39.3 Å². The van der Waals surface area contributed by atoms with E-state index in [-0.39, 0.29) is 24.2 Å². The number of amides is 2. The highest BCUT2D eigenvalue weighted by molar-refractivity contribution is 7.99. The number of rotatable bonds is 9. The van der Waals surface area contributed by atoms with E-state index in [0.717, 1.165) is 11.3 Å². The Hall–Kier alpha value is -3.30. The first-order valence-corrected chi connectivity index (χ1v) is 10.6. The van der Waals surface area contributed by atoms with E-state index >= 15 is 0 Å².